The number of hydrogen-bond donors (Lipinski definition) is 1. The molecule has 19 heavy (non-hydrogen) atoms. The predicted octanol–water partition coefficient (Wildman–Crippen LogP) is 2.91. The molecule has 1 aliphatic rings. The lowest BCUT2D eigenvalue weighted by molar-refractivity contribution is 0.181. The fourth-order valence-corrected chi connectivity index (χ4v) is 2.13. The molecule has 0 aromatic heterocycles. The molecular weight excluding hydrogens is 300 g/mol. The lowest BCUT2D eigenvalue weighted by Crippen LogP contribution is -2.44. The SMILES string of the molecule is C[C@@H](c1ccc(F)c(F)c1F)N1CCNCC1.Cl.Cl. The molecule has 1 saturated heterocycles. The summed E-state index contributed by atoms with van der Waals surface area (Å²) in [5, 5.41) is 3.19. The maximum absolute atomic E-state index is 13.6. The Morgan fingerprint density at radius 3 is 2.21 bits per heavy atom. The molecule has 2 rings (SSSR count). The van der Waals surface area contributed by atoms with Gasteiger partial charge in [-0.05, 0) is 13.0 Å². The minimum Gasteiger partial charge on any atom is -0.314 e. The average molecular weight is 317 g/mol. The van der Waals surface area contributed by atoms with E-state index in [1.165, 1.54) is 6.07 Å². The Morgan fingerprint density at radius 2 is 1.63 bits per heavy atom. The molecule has 0 unspecified atom stereocenters. The zero-order chi connectivity index (χ0) is 12.4. The number of halogens is 5. The molecule has 2 nitrogen and oxygen atoms in total. The van der Waals surface area contributed by atoms with Crippen molar-refractivity contribution in [1.29, 1.82) is 0 Å². The van der Waals surface area contributed by atoms with Crippen molar-refractivity contribution in [3.05, 3.63) is 35.1 Å². The first kappa shape index (κ1) is 18.5. The Morgan fingerprint density at radius 1 is 1.05 bits per heavy atom. The van der Waals surface area contributed by atoms with Gasteiger partial charge in [-0.15, -0.1) is 24.8 Å². The van der Waals surface area contributed by atoms with E-state index >= 15 is 0 Å². The predicted molar refractivity (Wildman–Crippen MR) is 73.7 cm³/mol. The van der Waals surface area contributed by atoms with Gasteiger partial charge >= 0.3 is 0 Å². The van der Waals surface area contributed by atoms with Gasteiger partial charge < -0.3 is 5.32 Å². The number of piperazine rings is 1. The van der Waals surface area contributed by atoms with Gasteiger partial charge in [-0.25, -0.2) is 13.2 Å². The topological polar surface area (TPSA) is 15.3 Å². The van der Waals surface area contributed by atoms with E-state index in [9.17, 15) is 13.2 Å². The first-order valence-corrected chi connectivity index (χ1v) is 5.69. The molecule has 0 spiro atoms. The molecule has 7 heteroatoms. The van der Waals surface area contributed by atoms with Crippen molar-refractivity contribution in [2.45, 2.75) is 13.0 Å². The van der Waals surface area contributed by atoms with Crippen LogP contribution in [0.15, 0.2) is 12.1 Å². The molecule has 1 aromatic rings. The Labute approximate surface area is 123 Å². The van der Waals surface area contributed by atoms with E-state index in [4.69, 9.17) is 0 Å². The van der Waals surface area contributed by atoms with Crippen LogP contribution in [0.5, 0.6) is 0 Å². The highest BCUT2D eigenvalue weighted by molar-refractivity contribution is 5.85. The minimum atomic E-state index is -1.38. The molecule has 1 fully saturated rings. The largest absolute Gasteiger partial charge is 0.314 e. The summed E-state index contributed by atoms with van der Waals surface area (Å²) < 4.78 is 39.6. The van der Waals surface area contributed by atoms with Crippen LogP contribution in [0.2, 0.25) is 0 Å². The van der Waals surface area contributed by atoms with E-state index in [1.54, 1.807) is 6.92 Å². The van der Waals surface area contributed by atoms with E-state index in [0.717, 1.165) is 32.2 Å². The Kier molecular flexibility index (Phi) is 7.74. The fraction of sp³-hybridized carbons (Fsp3) is 0.500. The molecular formula is C12H17Cl2F3N2. The van der Waals surface area contributed by atoms with Crippen molar-refractivity contribution < 1.29 is 13.2 Å². The highest BCUT2D eigenvalue weighted by atomic mass is 35.5. The van der Waals surface area contributed by atoms with Crippen LogP contribution < -0.4 is 5.32 Å². The van der Waals surface area contributed by atoms with Gasteiger partial charge in [0.05, 0.1) is 0 Å². The first-order chi connectivity index (χ1) is 8.11. The molecule has 1 aliphatic heterocycles. The third-order valence-electron chi connectivity index (χ3n) is 3.21. The third kappa shape index (κ3) is 3.99. The quantitative estimate of drug-likeness (QED) is 0.844. The Balaban J connectivity index is 0.00000162. The molecule has 0 saturated carbocycles. The number of benzene rings is 1. The summed E-state index contributed by atoms with van der Waals surface area (Å²) in [4.78, 5) is 2.05. The number of hydrogen-bond acceptors (Lipinski definition) is 2. The molecule has 0 aliphatic carbocycles. The van der Waals surface area contributed by atoms with Crippen LogP contribution in [-0.2, 0) is 0 Å². The van der Waals surface area contributed by atoms with Crippen molar-refractivity contribution >= 4 is 24.8 Å². The normalized spacial score (nSPS) is 17.3. The fourth-order valence-electron chi connectivity index (χ4n) is 2.13. The van der Waals surface area contributed by atoms with Crippen molar-refractivity contribution in [3.63, 3.8) is 0 Å². The third-order valence-corrected chi connectivity index (χ3v) is 3.21. The monoisotopic (exact) mass is 316 g/mol. The van der Waals surface area contributed by atoms with Crippen LogP contribution in [-0.4, -0.2) is 31.1 Å². The van der Waals surface area contributed by atoms with Crippen LogP contribution in [0.3, 0.4) is 0 Å². The summed E-state index contributed by atoms with van der Waals surface area (Å²) in [6.45, 7) is 5.02. The van der Waals surface area contributed by atoms with Gasteiger partial charge in [0.15, 0.2) is 17.5 Å². The summed E-state index contributed by atoms with van der Waals surface area (Å²) in [6.07, 6.45) is 0. The van der Waals surface area contributed by atoms with E-state index in [-0.39, 0.29) is 36.4 Å². The molecule has 1 atom stereocenters. The molecule has 0 amide bonds. The number of nitrogens with one attached hydrogen (secondary N) is 1. The highest BCUT2D eigenvalue weighted by Gasteiger charge is 2.23. The van der Waals surface area contributed by atoms with Gasteiger partial charge in [-0.1, -0.05) is 6.07 Å². The zero-order valence-corrected chi connectivity index (χ0v) is 12.1. The van der Waals surface area contributed by atoms with Gasteiger partial charge in [0.1, 0.15) is 0 Å². The number of rotatable bonds is 2. The standard InChI is InChI=1S/C12H15F3N2.2ClH/c1-8(17-6-4-16-5-7-17)9-2-3-10(13)12(15)11(9)14;;/h2-3,8,16H,4-7H2,1H3;2*1H/t8-;;/m0../s1. The lowest BCUT2D eigenvalue weighted by Gasteiger charge is -2.33. The van der Waals surface area contributed by atoms with Gasteiger partial charge in [-0.2, -0.15) is 0 Å². The van der Waals surface area contributed by atoms with Crippen LogP contribution >= 0.6 is 24.8 Å². The second-order valence-electron chi connectivity index (χ2n) is 4.23. The smallest absolute Gasteiger partial charge is 0.194 e. The summed E-state index contributed by atoms with van der Waals surface area (Å²) in [5.74, 6) is -3.60. The summed E-state index contributed by atoms with van der Waals surface area (Å²) >= 11 is 0. The van der Waals surface area contributed by atoms with Crippen LogP contribution in [0, 0.1) is 17.5 Å². The summed E-state index contributed by atoms with van der Waals surface area (Å²) in [5.41, 5.74) is 0.214. The second kappa shape index (κ2) is 7.94. The first-order valence-electron chi connectivity index (χ1n) is 5.69. The second-order valence-corrected chi connectivity index (χ2v) is 4.23. The van der Waals surface area contributed by atoms with E-state index in [0.29, 0.717) is 0 Å². The van der Waals surface area contributed by atoms with Gasteiger partial charge in [-0.3, -0.25) is 4.90 Å². The highest BCUT2D eigenvalue weighted by Crippen LogP contribution is 2.25. The molecule has 1 N–H and O–H groups in total. The van der Waals surface area contributed by atoms with Crippen molar-refractivity contribution in [1.82, 2.24) is 10.2 Å². The minimum absolute atomic E-state index is 0. The summed E-state index contributed by atoms with van der Waals surface area (Å²) in [7, 11) is 0. The zero-order valence-electron chi connectivity index (χ0n) is 10.5. The maximum Gasteiger partial charge on any atom is 0.194 e. The Bertz CT molecular complexity index is 412. The van der Waals surface area contributed by atoms with E-state index in [2.05, 4.69) is 5.32 Å². The molecule has 0 radical (unpaired) electrons. The van der Waals surface area contributed by atoms with Crippen molar-refractivity contribution in [2.24, 2.45) is 0 Å². The van der Waals surface area contributed by atoms with Crippen molar-refractivity contribution in [2.75, 3.05) is 26.2 Å². The molecule has 1 aromatic carbocycles. The van der Waals surface area contributed by atoms with E-state index in [1.807, 2.05) is 4.90 Å². The average Bonchev–Trinajstić information content (AvgIpc) is 2.36. The van der Waals surface area contributed by atoms with Gasteiger partial charge in [0, 0.05) is 37.8 Å². The molecule has 110 valence electrons. The lowest BCUT2D eigenvalue weighted by atomic mass is 10.1. The molecule has 1 heterocycles. The van der Waals surface area contributed by atoms with E-state index < -0.39 is 17.5 Å². The Hall–Kier alpha value is -0.490. The van der Waals surface area contributed by atoms with Gasteiger partial charge in [0.25, 0.3) is 0 Å². The number of nitrogens with zero attached hydrogens (tertiary/aromatic N) is 1. The van der Waals surface area contributed by atoms with Crippen LogP contribution in [0.4, 0.5) is 13.2 Å². The van der Waals surface area contributed by atoms with Gasteiger partial charge in [0.2, 0.25) is 0 Å². The van der Waals surface area contributed by atoms with Crippen LogP contribution in [0.25, 0.3) is 0 Å². The molecule has 0 bridgehead atoms. The summed E-state index contributed by atoms with van der Waals surface area (Å²) in [6, 6.07) is 2.06. The van der Waals surface area contributed by atoms with Crippen molar-refractivity contribution in [3.8, 4) is 0 Å². The van der Waals surface area contributed by atoms with Crippen LogP contribution in [0.1, 0.15) is 18.5 Å². The maximum atomic E-state index is 13.6.